The molecule has 4 atom stereocenters. The summed E-state index contributed by atoms with van der Waals surface area (Å²) in [5, 5.41) is 5.15. The zero-order valence-corrected chi connectivity index (χ0v) is 11.7. The fraction of sp³-hybridized carbons (Fsp3) is 0.667. The van der Waals surface area contributed by atoms with E-state index in [1.807, 2.05) is 12.2 Å². The standard InChI is InChI=1S/C15H20N2O3/c1-2-3-4-5-6-9-16-17-14(18)12-10-7-8-11(20-10)13(12)15(17)19/h7-13H,2-6H2,1H3. The van der Waals surface area contributed by atoms with Crippen LogP contribution < -0.4 is 0 Å². The molecule has 3 aliphatic heterocycles. The molecule has 3 heterocycles. The number of carbonyl (C=O) groups excluding carboxylic acids is 2. The van der Waals surface area contributed by atoms with Crippen LogP contribution >= 0.6 is 0 Å². The number of amides is 2. The second kappa shape index (κ2) is 5.48. The number of carbonyl (C=O) groups is 2. The van der Waals surface area contributed by atoms with Crippen molar-refractivity contribution in [2.75, 3.05) is 0 Å². The topological polar surface area (TPSA) is 59.0 Å². The van der Waals surface area contributed by atoms with E-state index in [9.17, 15) is 9.59 Å². The molecule has 0 spiro atoms. The maximum absolute atomic E-state index is 12.2. The third-order valence-electron chi connectivity index (χ3n) is 4.27. The Hall–Kier alpha value is -1.49. The molecule has 3 rings (SSSR count). The molecule has 5 heteroatoms. The first-order chi connectivity index (χ1) is 9.74. The molecule has 0 aromatic rings. The van der Waals surface area contributed by atoms with Crippen LogP contribution in [0.1, 0.15) is 39.0 Å². The van der Waals surface area contributed by atoms with E-state index >= 15 is 0 Å². The van der Waals surface area contributed by atoms with Gasteiger partial charge in [0.1, 0.15) is 0 Å². The van der Waals surface area contributed by atoms with E-state index in [2.05, 4.69) is 12.0 Å². The number of rotatable bonds is 6. The molecule has 3 aliphatic rings. The first-order valence-corrected chi connectivity index (χ1v) is 7.48. The van der Waals surface area contributed by atoms with Crippen molar-refractivity contribution in [1.82, 2.24) is 5.01 Å². The van der Waals surface area contributed by atoms with Crippen molar-refractivity contribution < 1.29 is 14.3 Å². The number of fused-ring (bicyclic) bond motifs is 5. The predicted molar refractivity (Wildman–Crippen MR) is 73.9 cm³/mol. The van der Waals surface area contributed by atoms with E-state index in [1.54, 1.807) is 6.21 Å². The molecule has 4 unspecified atom stereocenters. The lowest BCUT2D eigenvalue weighted by atomic mass is 9.85. The summed E-state index contributed by atoms with van der Waals surface area (Å²) in [6, 6.07) is 0. The maximum atomic E-state index is 12.2. The van der Waals surface area contributed by atoms with Crippen molar-refractivity contribution in [2.45, 2.75) is 51.2 Å². The fourth-order valence-corrected chi connectivity index (χ4v) is 3.20. The Morgan fingerprint density at radius 1 is 1.15 bits per heavy atom. The van der Waals surface area contributed by atoms with E-state index in [1.165, 1.54) is 12.8 Å². The largest absolute Gasteiger partial charge is 0.365 e. The van der Waals surface area contributed by atoms with Gasteiger partial charge in [-0.25, -0.2) is 0 Å². The van der Waals surface area contributed by atoms with Gasteiger partial charge >= 0.3 is 0 Å². The van der Waals surface area contributed by atoms with Gasteiger partial charge in [0.05, 0.1) is 24.0 Å². The molecule has 2 saturated heterocycles. The third-order valence-corrected chi connectivity index (χ3v) is 4.27. The fourth-order valence-electron chi connectivity index (χ4n) is 3.20. The van der Waals surface area contributed by atoms with Crippen molar-refractivity contribution in [3.05, 3.63) is 12.2 Å². The van der Waals surface area contributed by atoms with Crippen LogP contribution in [-0.4, -0.2) is 35.2 Å². The van der Waals surface area contributed by atoms with E-state index in [-0.39, 0.29) is 35.9 Å². The Morgan fingerprint density at radius 2 is 1.80 bits per heavy atom. The van der Waals surface area contributed by atoms with Crippen LogP contribution in [0, 0.1) is 11.8 Å². The lowest BCUT2D eigenvalue weighted by Gasteiger charge is -2.11. The molecule has 0 aromatic carbocycles. The first-order valence-electron chi connectivity index (χ1n) is 7.48. The molecule has 0 N–H and O–H groups in total. The second-order valence-corrected chi connectivity index (χ2v) is 5.64. The van der Waals surface area contributed by atoms with Crippen molar-refractivity contribution in [2.24, 2.45) is 16.9 Å². The molecule has 20 heavy (non-hydrogen) atoms. The van der Waals surface area contributed by atoms with Gasteiger partial charge in [0.2, 0.25) is 0 Å². The molecule has 2 amide bonds. The summed E-state index contributed by atoms with van der Waals surface area (Å²) in [6.45, 7) is 2.17. The van der Waals surface area contributed by atoms with Crippen LogP contribution in [0.3, 0.4) is 0 Å². The molecular formula is C15H20N2O3. The number of hydrogen-bond donors (Lipinski definition) is 0. The van der Waals surface area contributed by atoms with Crippen LogP contribution in [0.15, 0.2) is 17.3 Å². The molecule has 0 saturated carbocycles. The molecule has 2 bridgehead atoms. The summed E-state index contributed by atoms with van der Waals surface area (Å²) < 4.78 is 5.57. The van der Waals surface area contributed by atoms with Crippen molar-refractivity contribution in [3.63, 3.8) is 0 Å². The van der Waals surface area contributed by atoms with Crippen LogP contribution in [-0.2, 0) is 14.3 Å². The minimum absolute atomic E-state index is 0.207. The first kappa shape index (κ1) is 13.5. The van der Waals surface area contributed by atoms with E-state index in [0.717, 1.165) is 24.3 Å². The summed E-state index contributed by atoms with van der Waals surface area (Å²) in [4.78, 5) is 24.5. The van der Waals surface area contributed by atoms with E-state index in [4.69, 9.17) is 4.74 Å². The summed E-state index contributed by atoms with van der Waals surface area (Å²) in [5.74, 6) is -1.12. The average Bonchev–Trinajstić information content (AvgIpc) is 3.11. The summed E-state index contributed by atoms with van der Waals surface area (Å²) >= 11 is 0. The molecule has 0 radical (unpaired) electrons. The summed E-state index contributed by atoms with van der Waals surface area (Å²) in [5.41, 5.74) is 0. The minimum Gasteiger partial charge on any atom is -0.365 e. The number of nitrogens with zero attached hydrogens (tertiary/aromatic N) is 2. The van der Waals surface area contributed by atoms with Gasteiger partial charge in [-0.3, -0.25) is 9.59 Å². The zero-order chi connectivity index (χ0) is 14.1. The van der Waals surface area contributed by atoms with E-state index in [0.29, 0.717) is 0 Å². The van der Waals surface area contributed by atoms with Gasteiger partial charge in [-0.05, 0) is 12.8 Å². The van der Waals surface area contributed by atoms with Crippen molar-refractivity contribution in [3.8, 4) is 0 Å². The van der Waals surface area contributed by atoms with Gasteiger partial charge in [-0.1, -0.05) is 38.3 Å². The number of imide groups is 1. The van der Waals surface area contributed by atoms with Gasteiger partial charge in [-0.15, -0.1) is 0 Å². The lowest BCUT2D eigenvalue weighted by molar-refractivity contribution is -0.142. The third kappa shape index (κ3) is 2.10. The predicted octanol–water partition coefficient (Wildman–Crippen LogP) is 1.88. The number of hydrazone groups is 1. The number of unbranched alkanes of at least 4 members (excludes halogenated alkanes) is 4. The van der Waals surface area contributed by atoms with Gasteiger partial charge < -0.3 is 4.74 Å². The Bertz CT molecular complexity index is 442. The van der Waals surface area contributed by atoms with Crippen LogP contribution in [0.2, 0.25) is 0 Å². The van der Waals surface area contributed by atoms with Crippen LogP contribution in [0.5, 0.6) is 0 Å². The van der Waals surface area contributed by atoms with Gasteiger partial charge in [0.25, 0.3) is 11.8 Å². The smallest absolute Gasteiger partial charge is 0.256 e. The van der Waals surface area contributed by atoms with Gasteiger partial charge in [0.15, 0.2) is 0 Å². The quantitative estimate of drug-likeness (QED) is 0.322. The normalized spacial score (nSPS) is 34.8. The molecule has 0 aliphatic carbocycles. The molecular weight excluding hydrogens is 256 g/mol. The van der Waals surface area contributed by atoms with Gasteiger partial charge in [0, 0.05) is 6.21 Å². The van der Waals surface area contributed by atoms with Crippen molar-refractivity contribution >= 4 is 18.0 Å². The minimum atomic E-state index is -0.352. The Labute approximate surface area is 118 Å². The highest BCUT2D eigenvalue weighted by Gasteiger charge is 2.61. The average molecular weight is 276 g/mol. The lowest BCUT2D eigenvalue weighted by Crippen LogP contribution is -2.30. The van der Waals surface area contributed by atoms with Gasteiger partial charge in [-0.2, -0.15) is 10.1 Å². The zero-order valence-electron chi connectivity index (χ0n) is 11.7. The summed E-state index contributed by atoms with van der Waals surface area (Å²) in [6.07, 6.45) is 10.4. The Balaban J connectivity index is 1.58. The van der Waals surface area contributed by atoms with Crippen LogP contribution in [0.4, 0.5) is 0 Å². The van der Waals surface area contributed by atoms with Crippen LogP contribution in [0.25, 0.3) is 0 Å². The monoisotopic (exact) mass is 276 g/mol. The highest BCUT2D eigenvalue weighted by Crippen LogP contribution is 2.45. The number of ether oxygens (including phenoxy) is 1. The maximum Gasteiger partial charge on any atom is 0.256 e. The Morgan fingerprint density at radius 3 is 2.40 bits per heavy atom. The second-order valence-electron chi connectivity index (χ2n) is 5.64. The Kier molecular flexibility index (Phi) is 3.70. The van der Waals surface area contributed by atoms with Crippen molar-refractivity contribution in [1.29, 1.82) is 0 Å². The van der Waals surface area contributed by atoms with E-state index < -0.39 is 0 Å². The SMILES string of the molecule is CCCCCCC=NN1C(=O)C2C3C=CC(O3)C2C1=O. The molecule has 0 aromatic heterocycles. The number of hydrogen-bond acceptors (Lipinski definition) is 4. The molecule has 2 fully saturated rings. The highest BCUT2D eigenvalue weighted by molar-refractivity contribution is 6.06. The molecule has 108 valence electrons. The summed E-state index contributed by atoms with van der Waals surface area (Å²) in [7, 11) is 0. The highest BCUT2D eigenvalue weighted by atomic mass is 16.5. The molecule has 5 nitrogen and oxygen atoms in total.